The molecule has 0 saturated heterocycles. The third-order valence-electron chi connectivity index (χ3n) is 3.58. The summed E-state index contributed by atoms with van der Waals surface area (Å²) in [4.78, 5) is 10.6. The van der Waals surface area contributed by atoms with Gasteiger partial charge in [-0.3, -0.25) is 4.79 Å². The first-order valence-electron chi connectivity index (χ1n) is 7.23. The largest absolute Gasteiger partial charge is 1.00 e. The van der Waals surface area contributed by atoms with Crippen molar-refractivity contribution in [2.45, 2.75) is 45.6 Å². The van der Waals surface area contributed by atoms with E-state index in [0.29, 0.717) is 0 Å². The Bertz CT molecular complexity index is 447. The lowest BCUT2D eigenvalue weighted by molar-refractivity contribution is -0.903. The highest BCUT2D eigenvalue weighted by Crippen LogP contribution is 2.23. The van der Waals surface area contributed by atoms with Gasteiger partial charge in [0.05, 0.1) is 27.1 Å². The predicted octanol–water partition coefficient (Wildman–Crippen LogP) is 0.429. The summed E-state index contributed by atoms with van der Waals surface area (Å²) in [6.07, 6.45) is 0.979. The van der Waals surface area contributed by atoms with Crippen LogP contribution in [0.3, 0.4) is 0 Å². The molecule has 0 unspecified atom stereocenters. The fourth-order valence-electron chi connectivity index (χ4n) is 2.34. The number of halogens is 1. The molecule has 0 atom stereocenters. The molecule has 0 spiro atoms. The van der Waals surface area contributed by atoms with Crippen LogP contribution < -0.4 is 17.0 Å². The van der Waals surface area contributed by atoms with Crippen LogP contribution in [0.1, 0.15) is 44.7 Å². The van der Waals surface area contributed by atoms with Gasteiger partial charge in [0.25, 0.3) is 0 Å². The van der Waals surface area contributed by atoms with E-state index in [1.807, 2.05) is 0 Å². The van der Waals surface area contributed by atoms with Crippen LogP contribution in [-0.4, -0.2) is 36.2 Å². The Hall–Kier alpha value is -0.870. The normalized spacial score (nSPS) is 11.9. The molecule has 0 radical (unpaired) electrons. The zero-order chi connectivity index (χ0) is 15.4. The Morgan fingerprint density at radius 1 is 1.14 bits per heavy atom. The molecule has 0 aliphatic heterocycles. The second-order valence-electron chi connectivity index (χ2n) is 7.26. The van der Waals surface area contributed by atoms with Crippen LogP contribution in [0.25, 0.3) is 0 Å². The summed E-state index contributed by atoms with van der Waals surface area (Å²) in [5, 5.41) is 8.70. The number of benzene rings is 1. The van der Waals surface area contributed by atoms with E-state index in [1.54, 1.807) is 0 Å². The van der Waals surface area contributed by atoms with E-state index in [0.717, 1.165) is 24.0 Å². The number of carbonyl (C=O) groups is 1. The summed E-state index contributed by atoms with van der Waals surface area (Å²) < 4.78 is 0.822. The summed E-state index contributed by atoms with van der Waals surface area (Å²) in [5.41, 5.74) is 2.83. The van der Waals surface area contributed by atoms with Crippen LogP contribution in [0.15, 0.2) is 24.3 Å². The first-order valence-corrected chi connectivity index (χ1v) is 7.23. The van der Waals surface area contributed by atoms with Crippen molar-refractivity contribution in [2.75, 3.05) is 20.6 Å². The van der Waals surface area contributed by atoms with Crippen molar-refractivity contribution in [3.8, 4) is 0 Å². The lowest BCUT2D eigenvalue weighted by Crippen LogP contribution is -3.00. The molecular formula is C17H28BrNO2. The van der Waals surface area contributed by atoms with Crippen LogP contribution in [0.5, 0.6) is 0 Å². The lowest BCUT2D eigenvalue weighted by atomic mass is 9.86. The number of carboxylic acid groups (broad SMARTS) is 1. The number of nitrogens with zero attached hydrogens (tertiary/aromatic N) is 1. The summed E-state index contributed by atoms with van der Waals surface area (Å²) in [5.74, 6) is -0.709. The van der Waals surface area contributed by atoms with E-state index in [-0.39, 0.29) is 28.8 Å². The Morgan fingerprint density at radius 2 is 1.67 bits per heavy atom. The minimum absolute atomic E-state index is 0. The second-order valence-corrected chi connectivity index (χ2v) is 7.26. The smallest absolute Gasteiger partial charge is 0.303 e. The van der Waals surface area contributed by atoms with Gasteiger partial charge in [0.2, 0.25) is 0 Å². The topological polar surface area (TPSA) is 37.3 Å². The molecule has 1 rings (SSSR count). The van der Waals surface area contributed by atoms with Crippen molar-refractivity contribution in [1.29, 1.82) is 0 Å². The fraction of sp³-hybridized carbons (Fsp3) is 0.588. The van der Waals surface area contributed by atoms with Gasteiger partial charge in [-0.25, -0.2) is 0 Å². The van der Waals surface area contributed by atoms with Gasteiger partial charge in [-0.15, -0.1) is 0 Å². The van der Waals surface area contributed by atoms with E-state index < -0.39 is 5.97 Å². The molecule has 4 heteroatoms. The lowest BCUT2D eigenvalue weighted by Gasteiger charge is -2.30. The highest BCUT2D eigenvalue weighted by Gasteiger charge is 2.17. The van der Waals surface area contributed by atoms with Crippen molar-refractivity contribution in [1.82, 2.24) is 0 Å². The average molecular weight is 358 g/mol. The minimum atomic E-state index is -0.709. The monoisotopic (exact) mass is 357 g/mol. The second kappa shape index (κ2) is 7.95. The van der Waals surface area contributed by atoms with E-state index in [4.69, 9.17) is 5.11 Å². The molecule has 120 valence electrons. The van der Waals surface area contributed by atoms with E-state index in [2.05, 4.69) is 59.1 Å². The maximum atomic E-state index is 10.6. The SMILES string of the molecule is CC(C)(C)c1ccc(C[N+](C)(C)CCCC(=O)O)cc1.[Br-]. The molecule has 0 amide bonds. The Morgan fingerprint density at radius 3 is 2.10 bits per heavy atom. The van der Waals surface area contributed by atoms with Crippen molar-refractivity contribution in [3.05, 3.63) is 35.4 Å². The molecule has 0 saturated carbocycles. The van der Waals surface area contributed by atoms with Gasteiger partial charge < -0.3 is 26.6 Å². The standard InChI is InChI=1S/C17H27NO2.BrH/c1-17(2,3)15-10-8-14(9-11-15)13-18(4,5)12-6-7-16(19)20;/h8-11H,6-7,12-13H2,1-5H3;1H. The highest BCUT2D eigenvalue weighted by molar-refractivity contribution is 5.66. The van der Waals surface area contributed by atoms with Gasteiger partial charge in [0.1, 0.15) is 6.54 Å². The van der Waals surface area contributed by atoms with Crippen LogP contribution >= 0.6 is 0 Å². The van der Waals surface area contributed by atoms with Crippen LogP contribution in [0, 0.1) is 0 Å². The average Bonchev–Trinajstić information content (AvgIpc) is 2.26. The summed E-state index contributed by atoms with van der Waals surface area (Å²) in [7, 11) is 4.30. The summed E-state index contributed by atoms with van der Waals surface area (Å²) >= 11 is 0. The fourth-order valence-corrected chi connectivity index (χ4v) is 2.34. The molecular weight excluding hydrogens is 330 g/mol. The molecule has 1 aromatic carbocycles. The van der Waals surface area contributed by atoms with Crippen molar-refractivity contribution >= 4 is 5.97 Å². The first kappa shape index (κ1) is 20.1. The first-order chi connectivity index (χ1) is 9.10. The third kappa shape index (κ3) is 7.63. The highest BCUT2D eigenvalue weighted by atomic mass is 79.9. The van der Waals surface area contributed by atoms with Gasteiger partial charge in [0.15, 0.2) is 0 Å². The number of hydrogen-bond donors (Lipinski definition) is 1. The van der Waals surface area contributed by atoms with Crippen LogP contribution in [-0.2, 0) is 16.8 Å². The van der Waals surface area contributed by atoms with Crippen LogP contribution in [0.2, 0.25) is 0 Å². The molecule has 0 aromatic heterocycles. The number of hydrogen-bond acceptors (Lipinski definition) is 1. The zero-order valence-corrected chi connectivity index (χ0v) is 15.4. The van der Waals surface area contributed by atoms with Gasteiger partial charge in [0, 0.05) is 12.0 Å². The number of carboxylic acids is 1. The van der Waals surface area contributed by atoms with Crippen molar-refractivity contribution < 1.29 is 31.4 Å². The third-order valence-corrected chi connectivity index (χ3v) is 3.58. The molecule has 0 heterocycles. The number of rotatable bonds is 6. The Labute approximate surface area is 139 Å². The molecule has 1 N–H and O–H groups in total. The van der Waals surface area contributed by atoms with Gasteiger partial charge in [-0.2, -0.15) is 0 Å². The molecule has 0 fully saturated rings. The Kier molecular flexibility index (Phi) is 7.62. The molecule has 3 nitrogen and oxygen atoms in total. The zero-order valence-electron chi connectivity index (χ0n) is 13.8. The predicted molar refractivity (Wildman–Crippen MR) is 82.7 cm³/mol. The molecule has 0 aliphatic carbocycles. The quantitative estimate of drug-likeness (QED) is 0.749. The van der Waals surface area contributed by atoms with E-state index >= 15 is 0 Å². The summed E-state index contributed by atoms with van der Waals surface area (Å²) in [6, 6.07) is 8.79. The minimum Gasteiger partial charge on any atom is -1.00 e. The van der Waals surface area contributed by atoms with E-state index in [9.17, 15) is 4.79 Å². The maximum absolute atomic E-state index is 10.6. The summed E-state index contributed by atoms with van der Waals surface area (Å²) in [6.45, 7) is 8.47. The number of aliphatic carboxylic acids is 1. The van der Waals surface area contributed by atoms with Gasteiger partial charge in [-0.05, 0) is 11.0 Å². The van der Waals surface area contributed by atoms with Gasteiger partial charge in [-0.1, -0.05) is 45.0 Å². The van der Waals surface area contributed by atoms with Crippen molar-refractivity contribution in [2.24, 2.45) is 0 Å². The molecule has 0 bridgehead atoms. The molecule has 21 heavy (non-hydrogen) atoms. The Balaban J connectivity index is 0.00000400. The number of quaternary nitrogens is 1. The van der Waals surface area contributed by atoms with Crippen LogP contribution in [0.4, 0.5) is 0 Å². The van der Waals surface area contributed by atoms with E-state index in [1.165, 1.54) is 11.1 Å². The molecule has 1 aromatic rings. The van der Waals surface area contributed by atoms with Crippen molar-refractivity contribution in [3.63, 3.8) is 0 Å². The maximum Gasteiger partial charge on any atom is 0.303 e. The molecule has 0 aliphatic rings. The van der Waals surface area contributed by atoms with Gasteiger partial charge >= 0.3 is 5.97 Å².